The molecule has 0 saturated carbocycles. The second-order valence-corrected chi connectivity index (χ2v) is 6.50. The van der Waals surface area contributed by atoms with Crippen molar-refractivity contribution < 1.29 is 22.8 Å². The molecule has 0 spiro atoms. The molecule has 0 fully saturated rings. The zero-order valence-electron chi connectivity index (χ0n) is 15.5. The number of rotatable bonds is 5. The van der Waals surface area contributed by atoms with E-state index in [-0.39, 0.29) is 11.3 Å². The summed E-state index contributed by atoms with van der Waals surface area (Å²) in [4.78, 5) is 28.7. The standard InChI is InChI=1S/C22H17F3N2O2/c1-14-7-8-18(11-19(14)22(23,24)25)27-21(29)12-20(28)16-5-2-4-15(10-16)17-6-3-9-26-13-17/h2-11,13H,12H2,1H3,(H,27,29). The van der Waals surface area contributed by atoms with Crippen LogP contribution in [0.3, 0.4) is 0 Å². The summed E-state index contributed by atoms with van der Waals surface area (Å²) in [5.41, 5.74) is 1.15. The molecule has 0 aliphatic heterocycles. The van der Waals surface area contributed by atoms with Gasteiger partial charge in [-0.15, -0.1) is 0 Å². The number of alkyl halides is 3. The maximum Gasteiger partial charge on any atom is 0.416 e. The minimum Gasteiger partial charge on any atom is -0.326 e. The van der Waals surface area contributed by atoms with E-state index in [0.717, 1.165) is 17.2 Å². The number of nitrogens with zero attached hydrogens (tertiary/aromatic N) is 1. The zero-order chi connectivity index (χ0) is 21.0. The summed E-state index contributed by atoms with van der Waals surface area (Å²) >= 11 is 0. The van der Waals surface area contributed by atoms with E-state index in [2.05, 4.69) is 10.3 Å². The van der Waals surface area contributed by atoms with Crippen molar-refractivity contribution >= 4 is 17.4 Å². The first-order valence-electron chi connectivity index (χ1n) is 8.75. The Bertz CT molecular complexity index is 1050. The lowest BCUT2D eigenvalue weighted by molar-refractivity contribution is -0.138. The van der Waals surface area contributed by atoms with Gasteiger partial charge >= 0.3 is 6.18 Å². The predicted molar refractivity (Wildman–Crippen MR) is 103 cm³/mol. The minimum absolute atomic E-state index is 0.00941. The predicted octanol–water partition coefficient (Wildman–Crippen LogP) is 5.29. The number of pyridine rings is 1. The smallest absolute Gasteiger partial charge is 0.326 e. The van der Waals surface area contributed by atoms with Crippen molar-refractivity contribution in [1.29, 1.82) is 0 Å². The van der Waals surface area contributed by atoms with E-state index in [1.807, 2.05) is 12.1 Å². The first kappa shape index (κ1) is 20.3. The number of anilines is 1. The van der Waals surface area contributed by atoms with E-state index in [4.69, 9.17) is 0 Å². The van der Waals surface area contributed by atoms with Crippen LogP contribution in [0.25, 0.3) is 11.1 Å². The fourth-order valence-electron chi connectivity index (χ4n) is 2.86. The van der Waals surface area contributed by atoms with Crippen molar-refractivity contribution in [1.82, 2.24) is 4.98 Å². The van der Waals surface area contributed by atoms with Gasteiger partial charge in [0.2, 0.25) is 5.91 Å². The average molecular weight is 398 g/mol. The minimum atomic E-state index is -4.52. The van der Waals surface area contributed by atoms with Crippen molar-refractivity contribution in [2.75, 3.05) is 5.32 Å². The van der Waals surface area contributed by atoms with E-state index in [0.29, 0.717) is 5.56 Å². The molecule has 0 aliphatic rings. The van der Waals surface area contributed by atoms with Crippen LogP contribution < -0.4 is 5.32 Å². The number of halogens is 3. The highest BCUT2D eigenvalue weighted by Gasteiger charge is 2.32. The molecule has 7 heteroatoms. The molecule has 0 bridgehead atoms. The number of nitrogens with one attached hydrogen (secondary N) is 1. The Balaban J connectivity index is 1.71. The van der Waals surface area contributed by atoms with Gasteiger partial charge in [-0.1, -0.05) is 30.3 Å². The Hall–Kier alpha value is -3.48. The third-order valence-electron chi connectivity index (χ3n) is 4.33. The van der Waals surface area contributed by atoms with Gasteiger partial charge in [0.05, 0.1) is 12.0 Å². The molecule has 3 rings (SSSR count). The van der Waals surface area contributed by atoms with Gasteiger partial charge in [0.25, 0.3) is 0 Å². The number of hydrogen-bond acceptors (Lipinski definition) is 3. The highest BCUT2D eigenvalue weighted by atomic mass is 19.4. The zero-order valence-corrected chi connectivity index (χ0v) is 15.5. The van der Waals surface area contributed by atoms with Crippen LogP contribution in [0, 0.1) is 6.92 Å². The van der Waals surface area contributed by atoms with Crippen LogP contribution in [0.1, 0.15) is 27.9 Å². The third-order valence-corrected chi connectivity index (χ3v) is 4.33. The molecule has 1 amide bonds. The van der Waals surface area contributed by atoms with Crippen LogP contribution in [0.2, 0.25) is 0 Å². The molecular weight excluding hydrogens is 381 g/mol. The largest absolute Gasteiger partial charge is 0.416 e. The first-order chi connectivity index (χ1) is 13.7. The van der Waals surface area contributed by atoms with Gasteiger partial charge in [0, 0.05) is 29.2 Å². The molecule has 0 atom stereocenters. The third kappa shape index (κ3) is 5.07. The normalized spacial score (nSPS) is 11.2. The summed E-state index contributed by atoms with van der Waals surface area (Å²) in [5, 5.41) is 2.36. The van der Waals surface area contributed by atoms with Crippen LogP contribution in [0.5, 0.6) is 0 Å². The number of benzene rings is 2. The van der Waals surface area contributed by atoms with E-state index in [1.165, 1.54) is 19.1 Å². The molecule has 0 aliphatic carbocycles. The number of Topliss-reactive ketones (excluding diaryl/α,β-unsaturated/α-hetero) is 1. The van der Waals surface area contributed by atoms with Gasteiger partial charge in [-0.2, -0.15) is 13.2 Å². The van der Waals surface area contributed by atoms with Crippen molar-refractivity contribution in [3.63, 3.8) is 0 Å². The molecule has 0 saturated heterocycles. The van der Waals surface area contributed by atoms with Crippen molar-refractivity contribution in [3.8, 4) is 11.1 Å². The highest BCUT2D eigenvalue weighted by Crippen LogP contribution is 2.33. The molecule has 1 N–H and O–H groups in total. The fraction of sp³-hybridized carbons (Fsp3) is 0.136. The van der Waals surface area contributed by atoms with Crippen molar-refractivity contribution in [3.05, 3.63) is 83.7 Å². The molecule has 0 radical (unpaired) electrons. The molecule has 3 aromatic rings. The first-order valence-corrected chi connectivity index (χ1v) is 8.75. The van der Waals surface area contributed by atoms with E-state index in [9.17, 15) is 22.8 Å². The van der Waals surface area contributed by atoms with Crippen molar-refractivity contribution in [2.45, 2.75) is 19.5 Å². The maximum absolute atomic E-state index is 13.0. The van der Waals surface area contributed by atoms with Gasteiger partial charge in [0.1, 0.15) is 0 Å². The molecule has 148 valence electrons. The number of aromatic nitrogens is 1. The molecule has 2 aromatic carbocycles. The topological polar surface area (TPSA) is 59.1 Å². The van der Waals surface area contributed by atoms with Gasteiger partial charge in [0.15, 0.2) is 5.78 Å². The van der Waals surface area contributed by atoms with Crippen LogP contribution in [0.4, 0.5) is 18.9 Å². The van der Waals surface area contributed by atoms with Gasteiger partial charge in [-0.3, -0.25) is 14.6 Å². The number of aryl methyl sites for hydroxylation is 1. The Labute approximate surface area is 165 Å². The molecule has 4 nitrogen and oxygen atoms in total. The summed E-state index contributed by atoms with van der Waals surface area (Å²) in [6, 6.07) is 13.9. The number of hydrogen-bond donors (Lipinski definition) is 1. The Morgan fingerprint density at radius 2 is 1.76 bits per heavy atom. The van der Waals surface area contributed by atoms with Crippen LogP contribution in [-0.4, -0.2) is 16.7 Å². The molecule has 29 heavy (non-hydrogen) atoms. The molecular formula is C22H17F3N2O2. The van der Waals surface area contributed by atoms with Crippen LogP contribution >= 0.6 is 0 Å². The quantitative estimate of drug-likeness (QED) is 0.469. The number of carbonyl (C=O) groups excluding carboxylic acids is 2. The summed E-state index contributed by atoms with van der Waals surface area (Å²) in [6.07, 6.45) is -1.71. The van der Waals surface area contributed by atoms with E-state index in [1.54, 1.807) is 36.7 Å². The number of ketones is 1. The molecule has 1 aromatic heterocycles. The SMILES string of the molecule is Cc1ccc(NC(=O)CC(=O)c2cccc(-c3cccnc3)c2)cc1C(F)(F)F. The molecule has 0 unspecified atom stereocenters. The second kappa shape index (κ2) is 8.26. The summed E-state index contributed by atoms with van der Waals surface area (Å²) < 4.78 is 39.0. The monoisotopic (exact) mass is 398 g/mol. The van der Waals surface area contributed by atoms with Crippen LogP contribution in [-0.2, 0) is 11.0 Å². The highest BCUT2D eigenvalue weighted by molar-refractivity contribution is 6.11. The van der Waals surface area contributed by atoms with Crippen LogP contribution in [0.15, 0.2) is 67.0 Å². The summed E-state index contributed by atoms with van der Waals surface area (Å²) in [6.45, 7) is 1.34. The number of carbonyl (C=O) groups is 2. The van der Waals surface area contributed by atoms with E-state index < -0.39 is 29.9 Å². The lowest BCUT2D eigenvalue weighted by atomic mass is 10.0. The van der Waals surface area contributed by atoms with Gasteiger partial charge in [-0.25, -0.2) is 0 Å². The summed E-state index contributed by atoms with van der Waals surface area (Å²) in [7, 11) is 0. The lowest BCUT2D eigenvalue weighted by Gasteiger charge is -2.12. The van der Waals surface area contributed by atoms with Gasteiger partial charge in [-0.05, 0) is 42.3 Å². The summed E-state index contributed by atoms with van der Waals surface area (Å²) in [5.74, 6) is -1.12. The number of amides is 1. The maximum atomic E-state index is 13.0. The Morgan fingerprint density at radius 1 is 1.00 bits per heavy atom. The fourth-order valence-corrected chi connectivity index (χ4v) is 2.86. The van der Waals surface area contributed by atoms with E-state index >= 15 is 0 Å². The Morgan fingerprint density at radius 3 is 2.45 bits per heavy atom. The average Bonchev–Trinajstić information content (AvgIpc) is 2.69. The van der Waals surface area contributed by atoms with Crippen molar-refractivity contribution in [2.24, 2.45) is 0 Å². The second-order valence-electron chi connectivity index (χ2n) is 6.50. The lowest BCUT2D eigenvalue weighted by Crippen LogP contribution is -2.17. The van der Waals surface area contributed by atoms with Gasteiger partial charge < -0.3 is 5.32 Å². The molecule has 1 heterocycles. The Kier molecular flexibility index (Phi) is 5.77.